The zero-order valence-electron chi connectivity index (χ0n) is 11.2. The Morgan fingerprint density at radius 3 is 2.72 bits per heavy atom. The molecule has 0 radical (unpaired) electrons. The Hall–Kier alpha value is -0.660. The number of esters is 1. The highest BCUT2D eigenvalue weighted by molar-refractivity contribution is 7.87. The van der Waals surface area contributed by atoms with Crippen LogP contribution in [0.2, 0.25) is 0 Å². The molecule has 0 aliphatic carbocycles. The third-order valence-corrected chi connectivity index (χ3v) is 4.79. The number of hydrogen-bond donors (Lipinski definition) is 1. The topological polar surface area (TPSA) is 75.7 Å². The van der Waals surface area contributed by atoms with E-state index in [2.05, 4.69) is 4.72 Å². The lowest BCUT2D eigenvalue weighted by atomic mass is 10.2. The molecule has 2 unspecified atom stereocenters. The van der Waals surface area contributed by atoms with Gasteiger partial charge in [0.1, 0.15) is 6.04 Å². The van der Waals surface area contributed by atoms with Crippen LogP contribution in [0.3, 0.4) is 0 Å². The molecule has 1 saturated heterocycles. The van der Waals surface area contributed by atoms with E-state index in [-0.39, 0.29) is 12.6 Å². The second-order valence-electron chi connectivity index (χ2n) is 4.45. The summed E-state index contributed by atoms with van der Waals surface area (Å²) in [5.41, 5.74) is 0. The van der Waals surface area contributed by atoms with Gasteiger partial charge in [-0.15, -0.1) is 0 Å². The maximum atomic E-state index is 12.1. The van der Waals surface area contributed by atoms with Crippen LogP contribution in [0.4, 0.5) is 0 Å². The van der Waals surface area contributed by atoms with E-state index in [1.807, 2.05) is 6.92 Å². The van der Waals surface area contributed by atoms with Gasteiger partial charge >= 0.3 is 5.97 Å². The lowest BCUT2D eigenvalue weighted by Gasteiger charge is -2.24. The second kappa shape index (κ2) is 6.49. The molecule has 1 fully saturated rings. The average Bonchev–Trinajstić information content (AvgIpc) is 2.78. The van der Waals surface area contributed by atoms with Gasteiger partial charge in [-0.05, 0) is 33.1 Å². The zero-order valence-corrected chi connectivity index (χ0v) is 12.0. The molecule has 0 bridgehead atoms. The third kappa shape index (κ3) is 3.66. The van der Waals surface area contributed by atoms with E-state index >= 15 is 0 Å². The standard InChI is InChI=1S/C11H22N2O4S/c1-4-9(3)12-18(15,16)13-8-6-7-10(13)11(14)17-5-2/h9-10,12H,4-8H2,1-3H3. The van der Waals surface area contributed by atoms with Crippen LogP contribution in [0.15, 0.2) is 0 Å². The first kappa shape index (κ1) is 15.4. The molecule has 1 aliphatic heterocycles. The van der Waals surface area contributed by atoms with Crippen molar-refractivity contribution in [1.29, 1.82) is 0 Å². The first-order chi connectivity index (χ1) is 8.42. The van der Waals surface area contributed by atoms with E-state index in [4.69, 9.17) is 4.74 Å². The molecule has 2 atom stereocenters. The average molecular weight is 278 g/mol. The van der Waals surface area contributed by atoms with Gasteiger partial charge in [-0.2, -0.15) is 17.4 Å². The predicted molar refractivity (Wildman–Crippen MR) is 68.2 cm³/mol. The molecule has 1 aliphatic rings. The monoisotopic (exact) mass is 278 g/mol. The van der Waals surface area contributed by atoms with Crippen molar-refractivity contribution >= 4 is 16.2 Å². The zero-order chi connectivity index (χ0) is 13.8. The molecule has 106 valence electrons. The van der Waals surface area contributed by atoms with Gasteiger partial charge < -0.3 is 4.74 Å². The minimum Gasteiger partial charge on any atom is -0.465 e. The molecule has 18 heavy (non-hydrogen) atoms. The first-order valence-electron chi connectivity index (χ1n) is 6.38. The minimum absolute atomic E-state index is 0.140. The van der Waals surface area contributed by atoms with E-state index in [1.165, 1.54) is 4.31 Å². The van der Waals surface area contributed by atoms with E-state index in [1.54, 1.807) is 13.8 Å². The quantitative estimate of drug-likeness (QED) is 0.724. The number of nitrogens with zero attached hydrogens (tertiary/aromatic N) is 1. The van der Waals surface area contributed by atoms with Crippen LogP contribution in [-0.2, 0) is 19.7 Å². The highest BCUT2D eigenvalue weighted by Crippen LogP contribution is 2.21. The van der Waals surface area contributed by atoms with E-state index in [0.717, 1.165) is 0 Å². The number of nitrogens with one attached hydrogen (secondary N) is 1. The van der Waals surface area contributed by atoms with Gasteiger partial charge in [0.2, 0.25) is 0 Å². The predicted octanol–water partition coefficient (Wildman–Crippen LogP) is 0.647. The number of hydrogen-bond acceptors (Lipinski definition) is 4. The van der Waals surface area contributed by atoms with Crippen molar-refractivity contribution in [3.8, 4) is 0 Å². The van der Waals surface area contributed by atoms with Gasteiger partial charge in [0.25, 0.3) is 10.2 Å². The molecule has 0 aromatic heterocycles. The summed E-state index contributed by atoms with van der Waals surface area (Å²) in [5.74, 6) is -0.454. The Labute approximate surface area is 109 Å². The van der Waals surface area contributed by atoms with Crippen LogP contribution in [0.25, 0.3) is 0 Å². The fourth-order valence-electron chi connectivity index (χ4n) is 1.91. The lowest BCUT2D eigenvalue weighted by Crippen LogP contribution is -2.49. The molecule has 0 saturated carbocycles. The summed E-state index contributed by atoms with van der Waals surface area (Å²) in [7, 11) is -3.60. The van der Waals surface area contributed by atoms with Crippen molar-refractivity contribution in [2.45, 2.75) is 52.1 Å². The molecule has 1 rings (SSSR count). The Bertz CT molecular complexity index is 383. The maximum Gasteiger partial charge on any atom is 0.324 e. The molecule has 0 aromatic carbocycles. The maximum absolute atomic E-state index is 12.1. The third-order valence-electron chi connectivity index (χ3n) is 3.03. The molecule has 1 heterocycles. The lowest BCUT2D eigenvalue weighted by molar-refractivity contribution is -0.146. The van der Waals surface area contributed by atoms with E-state index in [0.29, 0.717) is 25.8 Å². The fraction of sp³-hybridized carbons (Fsp3) is 0.909. The number of ether oxygens (including phenoxy) is 1. The van der Waals surface area contributed by atoms with Crippen LogP contribution in [0.1, 0.15) is 40.0 Å². The summed E-state index contributed by atoms with van der Waals surface area (Å²) in [6, 6.07) is -0.815. The van der Waals surface area contributed by atoms with Crippen molar-refractivity contribution in [2.24, 2.45) is 0 Å². The van der Waals surface area contributed by atoms with E-state index in [9.17, 15) is 13.2 Å². The Balaban J connectivity index is 2.77. The summed E-state index contributed by atoms with van der Waals surface area (Å²) < 4.78 is 33.0. The normalized spacial score (nSPS) is 22.9. The van der Waals surface area contributed by atoms with Gasteiger partial charge in [0, 0.05) is 12.6 Å². The molecule has 0 spiro atoms. The molecule has 0 aromatic rings. The Morgan fingerprint density at radius 1 is 1.50 bits per heavy atom. The smallest absolute Gasteiger partial charge is 0.324 e. The van der Waals surface area contributed by atoms with Crippen LogP contribution < -0.4 is 4.72 Å². The summed E-state index contributed by atoms with van der Waals surface area (Å²) in [4.78, 5) is 11.7. The Kier molecular flexibility index (Phi) is 5.55. The van der Waals surface area contributed by atoms with Crippen molar-refractivity contribution < 1.29 is 17.9 Å². The van der Waals surface area contributed by atoms with Gasteiger partial charge in [-0.1, -0.05) is 6.92 Å². The molecular formula is C11H22N2O4S. The molecule has 6 nitrogen and oxygen atoms in total. The molecule has 1 N–H and O–H groups in total. The second-order valence-corrected chi connectivity index (χ2v) is 6.11. The van der Waals surface area contributed by atoms with Gasteiger partial charge in [0.15, 0.2) is 0 Å². The summed E-state index contributed by atoms with van der Waals surface area (Å²) >= 11 is 0. The van der Waals surface area contributed by atoms with Crippen molar-refractivity contribution in [2.75, 3.05) is 13.2 Å². The summed E-state index contributed by atoms with van der Waals surface area (Å²) in [5, 5.41) is 0. The van der Waals surface area contributed by atoms with E-state index < -0.39 is 22.2 Å². The van der Waals surface area contributed by atoms with Gasteiger partial charge in [0.05, 0.1) is 6.61 Å². The van der Waals surface area contributed by atoms with Crippen LogP contribution >= 0.6 is 0 Å². The summed E-state index contributed by atoms with van der Waals surface area (Å²) in [6.07, 6.45) is 1.92. The van der Waals surface area contributed by atoms with Crippen LogP contribution in [0, 0.1) is 0 Å². The van der Waals surface area contributed by atoms with Crippen molar-refractivity contribution in [3.63, 3.8) is 0 Å². The number of rotatable bonds is 6. The highest BCUT2D eigenvalue weighted by Gasteiger charge is 2.39. The fourth-order valence-corrected chi connectivity index (χ4v) is 3.61. The van der Waals surface area contributed by atoms with Gasteiger partial charge in [-0.25, -0.2) is 0 Å². The summed E-state index contributed by atoms with van der Waals surface area (Å²) in [6.45, 7) is 6.05. The van der Waals surface area contributed by atoms with Crippen LogP contribution in [0.5, 0.6) is 0 Å². The molecule has 7 heteroatoms. The first-order valence-corrected chi connectivity index (χ1v) is 7.82. The van der Waals surface area contributed by atoms with Crippen molar-refractivity contribution in [1.82, 2.24) is 9.03 Å². The highest BCUT2D eigenvalue weighted by atomic mass is 32.2. The Morgan fingerprint density at radius 2 is 2.17 bits per heavy atom. The SMILES string of the molecule is CCOC(=O)C1CCCN1S(=O)(=O)NC(C)CC. The minimum atomic E-state index is -3.60. The molecule has 0 amide bonds. The van der Waals surface area contributed by atoms with Crippen molar-refractivity contribution in [3.05, 3.63) is 0 Å². The van der Waals surface area contributed by atoms with Gasteiger partial charge in [-0.3, -0.25) is 4.79 Å². The molecular weight excluding hydrogens is 256 g/mol. The van der Waals surface area contributed by atoms with Crippen LogP contribution in [-0.4, -0.2) is 43.9 Å². The number of carbonyl (C=O) groups is 1. The largest absolute Gasteiger partial charge is 0.465 e. The number of carbonyl (C=O) groups excluding carboxylic acids is 1.